The van der Waals surface area contributed by atoms with E-state index in [1.165, 1.54) is 0 Å². The fraction of sp³-hybridized carbons (Fsp3) is 0.929. The third-order valence-electron chi connectivity index (χ3n) is 2.85. The van der Waals surface area contributed by atoms with Crippen molar-refractivity contribution >= 4 is 5.97 Å². The minimum Gasteiger partial charge on any atom is -0.462 e. The van der Waals surface area contributed by atoms with Crippen LogP contribution in [0, 0.1) is 5.41 Å². The van der Waals surface area contributed by atoms with E-state index in [2.05, 4.69) is 6.92 Å². The first-order valence-corrected chi connectivity index (χ1v) is 6.68. The van der Waals surface area contributed by atoms with Crippen molar-refractivity contribution in [2.45, 2.75) is 72.4 Å². The molecule has 1 heterocycles. The monoisotopic (exact) mass is 258 g/mol. The van der Waals surface area contributed by atoms with Crippen LogP contribution in [0.5, 0.6) is 0 Å². The SMILES string of the molecule is CCC[C@@H]1OC(C)(C)O[C@@H]1COC(=O)C(C)(C)C. The molecular formula is C14H26O4. The van der Waals surface area contributed by atoms with E-state index in [1.807, 2.05) is 34.6 Å². The Balaban J connectivity index is 2.52. The molecule has 0 aromatic heterocycles. The highest BCUT2D eigenvalue weighted by Crippen LogP contribution is 2.31. The molecule has 18 heavy (non-hydrogen) atoms. The van der Waals surface area contributed by atoms with Crippen LogP contribution in [0.1, 0.15) is 54.4 Å². The number of hydrogen-bond donors (Lipinski definition) is 0. The third kappa shape index (κ3) is 4.25. The van der Waals surface area contributed by atoms with Crippen LogP contribution in [-0.4, -0.2) is 30.6 Å². The number of ether oxygens (including phenoxy) is 3. The molecule has 4 heteroatoms. The molecule has 1 saturated heterocycles. The lowest BCUT2D eigenvalue weighted by molar-refractivity contribution is -0.165. The van der Waals surface area contributed by atoms with Gasteiger partial charge in [-0.25, -0.2) is 0 Å². The zero-order valence-electron chi connectivity index (χ0n) is 12.4. The van der Waals surface area contributed by atoms with Crippen molar-refractivity contribution in [2.75, 3.05) is 6.61 Å². The summed E-state index contributed by atoms with van der Waals surface area (Å²) in [7, 11) is 0. The summed E-state index contributed by atoms with van der Waals surface area (Å²) in [6.07, 6.45) is 1.79. The predicted molar refractivity (Wildman–Crippen MR) is 69.1 cm³/mol. The average Bonchev–Trinajstić information content (AvgIpc) is 2.49. The van der Waals surface area contributed by atoms with Crippen LogP contribution in [0.25, 0.3) is 0 Å². The lowest BCUT2D eigenvalue weighted by atomic mass is 9.97. The first-order valence-electron chi connectivity index (χ1n) is 6.68. The largest absolute Gasteiger partial charge is 0.462 e. The second kappa shape index (κ2) is 5.57. The van der Waals surface area contributed by atoms with Crippen molar-refractivity contribution in [1.82, 2.24) is 0 Å². The third-order valence-corrected chi connectivity index (χ3v) is 2.85. The van der Waals surface area contributed by atoms with Crippen LogP contribution in [-0.2, 0) is 19.0 Å². The van der Waals surface area contributed by atoms with Gasteiger partial charge in [0.2, 0.25) is 0 Å². The fourth-order valence-electron chi connectivity index (χ4n) is 1.95. The van der Waals surface area contributed by atoms with Crippen LogP contribution in [0.3, 0.4) is 0 Å². The number of carbonyl (C=O) groups is 1. The van der Waals surface area contributed by atoms with Gasteiger partial charge in [0.1, 0.15) is 12.7 Å². The zero-order valence-corrected chi connectivity index (χ0v) is 12.4. The van der Waals surface area contributed by atoms with E-state index >= 15 is 0 Å². The molecule has 106 valence electrons. The normalized spacial score (nSPS) is 27.2. The maximum atomic E-state index is 11.7. The first-order chi connectivity index (χ1) is 8.15. The molecule has 2 atom stereocenters. The predicted octanol–water partition coefficient (Wildman–Crippen LogP) is 2.90. The van der Waals surface area contributed by atoms with Crippen LogP contribution in [0.4, 0.5) is 0 Å². The van der Waals surface area contributed by atoms with Crippen molar-refractivity contribution in [3.05, 3.63) is 0 Å². The molecule has 0 radical (unpaired) electrons. The maximum absolute atomic E-state index is 11.7. The Kier molecular flexibility index (Phi) is 4.78. The van der Waals surface area contributed by atoms with E-state index in [9.17, 15) is 4.79 Å². The van der Waals surface area contributed by atoms with E-state index < -0.39 is 11.2 Å². The van der Waals surface area contributed by atoms with Gasteiger partial charge in [0.05, 0.1) is 11.5 Å². The van der Waals surface area contributed by atoms with E-state index in [0.29, 0.717) is 0 Å². The number of hydrogen-bond acceptors (Lipinski definition) is 4. The summed E-state index contributed by atoms with van der Waals surface area (Å²) < 4.78 is 16.9. The number of rotatable bonds is 4. The van der Waals surface area contributed by atoms with Crippen LogP contribution >= 0.6 is 0 Å². The highest BCUT2D eigenvalue weighted by Gasteiger charge is 2.41. The molecule has 0 N–H and O–H groups in total. The quantitative estimate of drug-likeness (QED) is 0.727. The van der Waals surface area contributed by atoms with Crippen molar-refractivity contribution in [3.63, 3.8) is 0 Å². The Hall–Kier alpha value is -0.610. The summed E-state index contributed by atoms with van der Waals surface area (Å²) in [5, 5.41) is 0. The van der Waals surface area contributed by atoms with Gasteiger partial charge in [-0.2, -0.15) is 0 Å². The first kappa shape index (κ1) is 15.4. The minimum absolute atomic E-state index is 0.0118. The second-order valence-corrected chi connectivity index (χ2v) is 6.35. The summed E-state index contributed by atoms with van der Waals surface area (Å²) in [5.74, 6) is -0.787. The molecule has 0 amide bonds. The standard InChI is InChI=1S/C14H26O4/c1-7-8-10-11(18-14(5,6)17-10)9-16-12(15)13(2,3)4/h10-11H,7-9H2,1-6H3/t10-,11+/m0/s1. The lowest BCUT2D eigenvalue weighted by Gasteiger charge is -2.20. The van der Waals surface area contributed by atoms with Crippen molar-refractivity contribution < 1.29 is 19.0 Å². The van der Waals surface area contributed by atoms with Gasteiger partial charge in [-0.3, -0.25) is 4.79 Å². The van der Waals surface area contributed by atoms with Gasteiger partial charge in [-0.05, 0) is 41.0 Å². The Labute approximate surface area is 110 Å². The Bertz CT molecular complexity index is 291. The van der Waals surface area contributed by atoms with E-state index in [1.54, 1.807) is 0 Å². The van der Waals surface area contributed by atoms with Gasteiger partial charge in [-0.15, -0.1) is 0 Å². The van der Waals surface area contributed by atoms with Gasteiger partial charge in [0, 0.05) is 0 Å². The average molecular weight is 258 g/mol. The molecule has 0 bridgehead atoms. The van der Waals surface area contributed by atoms with Gasteiger partial charge in [0.25, 0.3) is 0 Å². The molecule has 0 unspecified atom stereocenters. The number of esters is 1. The maximum Gasteiger partial charge on any atom is 0.311 e. The molecule has 4 nitrogen and oxygen atoms in total. The minimum atomic E-state index is -0.585. The van der Waals surface area contributed by atoms with Gasteiger partial charge in [0.15, 0.2) is 5.79 Å². The summed E-state index contributed by atoms with van der Waals surface area (Å²) in [6.45, 7) is 11.7. The molecule has 0 spiro atoms. The van der Waals surface area contributed by atoms with E-state index in [-0.39, 0.29) is 24.8 Å². The Morgan fingerprint density at radius 1 is 1.22 bits per heavy atom. The summed E-state index contributed by atoms with van der Waals surface area (Å²) >= 11 is 0. The Morgan fingerprint density at radius 2 is 1.78 bits per heavy atom. The molecule has 1 aliphatic heterocycles. The van der Waals surface area contributed by atoms with E-state index in [0.717, 1.165) is 12.8 Å². The van der Waals surface area contributed by atoms with Gasteiger partial charge >= 0.3 is 5.97 Å². The second-order valence-electron chi connectivity index (χ2n) is 6.35. The molecule has 0 aliphatic carbocycles. The van der Waals surface area contributed by atoms with E-state index in [4.69, 9.17) is 14.2 Å². The van der Waals surface area contributed by atoms with Crippen LogP contribution < -0.4 is 0 Å². The molecule has 1 rings (SSSR count). The summed E-state index contributed by atoms with van der Waals surface area (Å²) in [5.41, 5.74) is -0.477. The van der Waals surface area contributed by atoms with Crippen molar-refractivity contribution in [3.8, 4) is 0 Å². The topological polar surface area (TPSA) is 44.8 Å². The van der Waals surface area contributed by atoms with Crippen molar-refractivity contribution in [2.24, 2.45) is 5.41 Å². The molecule has 0 aromatic carbocycles. The van der Waals surface area contributed by atoms with Gasteiger partial charge in [-0.1, -0.05) is 13.3 Å². The number of carbonyl (C=O) groups excluding carboxylic acids is 1. The summed E-state index contributed by atoms with van der Waals surface area (Å²) in [6, 6.07) is 0. The van der Waals surface area contributed by atoms with Crippen molar-refractivity contribution in [1.29, 1.82) is 0 Å². The van der Waals surface area contributed by atoms with Gasteiger partial charge < -0.3 is 14.2 Å². The fourth-order valence-corrected chi connectivity index (χ4v) is 1.95. The highest BCUT2D eigenvalue weighted by atomic mass is 16.8. The highest BCUT2D eigenvalue weighted by molar-refractivity contribution is 5.75. The zero-order chi connectivity index (χ0) is 14.0. The van der Waals surface area contributed by atoms with Crippen LogP contribution in [0.2, 0.25) is 0 Å². The molecule has 0 aromatic rings. The van der Waals surface area contributed by atoms with Crippen LogP contribution in [0.15, 0.2) is 0 Å². The summed E-state index contributed by atoms with van der Waals surface area (Å²) in [4.78, 5) is 11.7. The molecule has 0 saturated carbocycles. The molecule has 1 fully saturated rings. The smallest absolute Gasteiger partial charge is 0.311 e. The molecular weight excluding hydrogens is 232 g/mol. The molecule has 1 aliphatic rings. The Morgan fingerprint density at radius 3 is 2.28 bits per heavy atom. The lowest BCUT2D eigenvalue weighted by Crippen LogP contribution is -2.32.